The molecule has 2 aliphatic rings. The molecular formula is C12H16N2O3S. The molecule has 0 atom stereocenters. The van der Waals surface area contributed by atoms with Crippen molar-refractivity contribution in [1.29, 1.82) is 0 Å². The minimum Gasteiger partial charge on any atom is -0.398 e. The smallest absolute Gasteiger partial charge is 0.245 e. The highest BCUT2D eigenvalue weighted by atomic mass is 32.2. The van der Waals surface area contributed by atoms with Gasteiger partial charge in [-0.15, -0.1) is 0 Å². The summed E-state index contributed by atoms with van der Waals surface area (Å²) in [7, 11) is -3.44. The molecule has 0 bridgehead atoms. The molecule has 0 radical (unpaired) electrons. The number of hydrogen-bond acceptors (Lipinski definition) is 4. The summed E-state index contributed by atoms with van der Waals surface area (Å²) in [6.45, 7) is 2.50. The van der Waals surface area contributed by atoms with E-state index in [0.29, 0.717) is 25.4 Å². The van der Waals surface area contributed by atoms with Gasteiger partial charge in [0.25, 0.3) is 0 Å². The molecule has 0 amide bonds. The predicted molar refractivity (Wildman–Crippen MR) is 67.5 cm³/mol. The fourth-order valence-corrected chi connectivity index (χ4v) is 4.41. The average molecular weight is 268 g/mol. The Kier molecular flexibility index (Phi) is 2.62. The Labute approximate surface area is 107 Å². The topological polar surface area (TPSA) is 72.6 Å². The van der Waals surface area contributed by atoms with Gasteiger partial charge in [-0.05, 0) is 18.6 Å². The molecule has 1 aromatic carbocycles. The van der Waals surface area contributed by atoms with Crippen LogP contribution in [0.15, 0.2) is 29.2 Å². The lowest BCUT2D eigenvalue weighted by Gasteiger charge is -2.45. The van der Waals surface area contributed by atoms with E-state index in [1.165, 1.54) is 4.31 Å². The second-order valence-corrected chi connectivity index (χ2v) is 7.02. The SMILES string of the molecule is Nc1ccccc1S(=O)(=O)N1CC2(CCOC2)C1. The molecule has 2 saturated heterocycles. The molecule has 0 aliphatic carbocycles. The quantitative estimate of drug-likeness (QED) is 0.801. The second-order valence-electron chi connectivity index (χ2n) is 5.11. The van der Waals surface area contributed by atoms with E-state index in [4.69, 9.17) is 10.5 Å². The molecule has 0 saturated carbocycles. The molecule has 6 heteroatoms. The van der Waals surface area contributed by atoms with Gasteiger partial charge in [0.05, 0.1) is 12.3 Å². The van der Waals surface area contributed by atoms with Crippen LogP contribution in [0.4, 0.5) is 5.69 Å². The van der Waals surface area contributed by atoms with Crippen molar-refractivity contribution in [2.24, 2.45) is 5.41 Å². The van der Waals surface area contributed by atoms with Crippen molar-refractivity contribution >= 4 is 15.7 Å². The summed E-state index contributed by atoms with van der Waals surface area (Å²) in [6, 6.07) is 6.59. The van der Waals surface area contributed by atoms with E-state index in [2.05, 4.69) is 0 Å². The van der Waals surface area contributed by atoms with Crippen molar-refractivity contribution in [2.75, 3.05) is 32.0 Å². The molecule has 2 N–H and O–H groups in total. The van der Waals surface area contributed by atoms with Crippen molar-refractivity contribution in [2.45, 2.75) is 11.3 Å². The van der Waals surface area contributed by atoms with E-state index < -0.39 is 10.0 Å². The Hall–Kier alpha value is -1.11. The highest BCUT2D eigenvalue weighted by molar-refractivity contribution is 7.89. The van der Waals surface area contributed by atoms with Crippen LogP contribution in [0.3, 0.4) is 0 Å². The summed E-state index contributed by atoms with van der Waals surface area (Å²) in [6.07, 6.45) is 0.948. The highest BCUT2D eigenvalue weighted by Gasteiger charge is 2.50. The molecule has 1 aromatic rings. The lowest BCUT2D eigenvalue weighted by atomic mass is 9.81. The van der Waals surface area contributed by atoms with Gasteiger partial charge in [-0.2, -0.15) is 4.31 Å². The van der Waals surface area contributed by atoms with E-state index in [1.54, 1.807) is 24.3 Å². The van der Waals surface area contributed by atoms with E-state index in [0.717, 1.165) is 13.0 Å². The van der Waals surface area contributed by atoms with Crippen LogP contribution in [0, 0.1) is 5.41 Å². The van der Waals surface area contributed by atoms with Crippen molar-refractivity contribution in [3.05, 3.63) is 24.3 Å². The lowest BCUT2D eigenvalue weighted by molar-refractivity contribution is 0.0512. The van der Waals surface area contributed by atoms with Crippen molar-refractivity contribution < 1.29 is 13.2 Å². The molecule has 0 aromatic heterocycles. The van der Waals surface area contributed by atoms with Gasteiger partial charge in [0.2, 0.25) is 10.0 Å². The van der Waals surface area contributed by atoms with Crippen LogP contribution in [0.5, 0.6) is 0 Å². The molecule has 5 nitrogen and oxygen atoms in total. The van der Waals surface area contributed by atoms with E-state index >= 15 is 0 Å². The van der Waals surface area contributed by atoms with Crippen LogP contribution in [-0.4, -0.2) is 39.0 Å². The molecule has 3 rings (SSSR count). The van der Waals surface area contributed by atoms with Gasteiger partial charge < -0.3 is 10.5 Å². The maximum atomic E-state index is 12.4. The summed E-state index contributed by atoms with van der Waals surface area (Å²) >= 11 is 0. The molecular weight excluding hydrogens is 252 g/mol. The standard InChI is InChI=1S/C12H16N2O3S/c13-10-3-1-2-4-11(10)18(15,16)14-7-12(8-14)5-6-17-9-12/h1-4H,5-9,13H2. The van der Waals surface area contributed by atoms with Gasteiger partial charge in [-0.1, -0.05) is 12.1 Å². The molecule has 18 heavy (non-hydrogen) atoms. The van der Waals surface area contributed by atoms with Crippen molar-refractivity contribution in [1.82, 2.24) is 4.31 Å². The van der Waals surface area contributed by atoms with Crippen LogP contribution in [-0.2, 0) is 14.8 Å². The van der Waals surface area contributed by atoms with Gasteiger partial charge in [0, 0.05) is 25.1 Å². The second kappa shape index (κ2) is 3.94. The van der Waals surface area contributed by atoms with Gasteiger partial charge in [0.15, 0.2) is 0 Å². The zero-order valence-corrected chi connectivity index (χ0v) is 10.8. The summed E-state index contributed by atoms with van der Waals surface area (Å²) in [5.74, 6) is 0. The van der Waals surface area contributed by atoms with E-state index in [-0.39, 0.29) is 10.3 Å². The number of para-hydroxylation sites is 1. The van der Waals surface area contributed by atoms with Gasteiger partial charge >= 0.3 is 0 Å². The molecule has 2 aliphatic heterocycles. The zero-order valence-electron chi connectivity index (χ0n) is 10.0. The maximum absolute atomic E-state index is 12.4. The summed E-state index contributed by atoms with van der Waals surface area (Å²) in [4.78, 5) is 0.207. The first-order chi connectivity index (χ1) is 8.54. The number of rotatable bonds is 2. The Morgan fingerprint density at radius 1 is 1.28 bits per heavy atom. The Morgan fingerprint density at radius 2 is 2.00 bits per heavy atom. The lowest BCUT2D eigenvalue weighted by Crippen LogP contribution is -2.58. The molecule has 0 unspecified atom stereocenters. The minimum absolute atomic E-state index is 0.0522. The molecule has 2 fully saturated rings. The monoisotopic (exact) mass is 268 g/mol. The first-order valence-electron chi connectivity index (χ1n) is 5.96. The van der Waals surface area contributed by atoms with Crippen molar-refractivity contribution in [3.8, 4) is 0 Å². The summed E-state index contributed by atoms with van der Waals surface area (Å²) < 4.78 is 31.6. The third-order valence-corrected chi connectivity index (χ3v) is 5.61. The summed E-state index contributed by atoms with van der Waals surface area (Å²) in [5.41, 5.74) is 6.10. The number of nitrogens with zero attached hydrogens (tertiary/aromatic N) is 1. The van der Waals surface area contributed by atoms with E-state index in [1.807, 2.05) is 0 Å². The fourth-order valence-electron chi connectivity index (χ4n) is 2.63. The predicted octanol–water partition coefficient (Wildman–Crippen LogP) is 0.680. The number of benzene rings is 1. The van der Waals surface area contributed by atoms with Gasteiger partial charge in [0.1, 0.15) is 4.90 Å². The number of nitrogen functional groups attached to an aromatic ring is 1. The normalized spacial score (nSPS) is 23.1. The van der Waals surface area contributed by atoms with Crippen LogP contribution >= 0.6 is 0 Å². The molecule has 98 valence electrons. The zero-order chi connectivity index (χ0) is 12.8. The maximum Gasteiger partial charge on any atom is 0.245 e. The molecule has 1 spiro atoms. The number of nitrogens with two attached hydrogens (primary N) is 1. The Balaban J connectivity index is 1.83. The third-order valence-electron chi connectivity index (χ3n) is 3.75. The Bertz CT molecular complexity index is 556. The van der Waals surface area contributed by atoms with Crippen LogP contribution in [0.25, 0.3) is 0 Å². The van der Waals surface area contributed by atoms with Crippen LogP contribution in [0.2, 0.25) is 0 Å². The first kappa shape index (κ1) is 12.0. The van der Waals surface area contributed by atoms with Crippen molar-refractivity contribution in [3.63, 3.8) is 0 Å². The average Bonchev–Trinajstić information content (AvgIpc) is 2.76. The Morgan fingerprint density at radius 3 is 2.61 bits per heavy atom. The summed E-state index contributed by atoms with van der Waals surface area (Å²) in [5, 5.41) is 0. The molecule has 2 heterocycles. The minimum atomic E-state index is -3.44. The van der Waals surface area contributed by atoms with E-state index in [9.17, 15) is 8.42 Å². The largest absolute Gasteiger partial charge is 0.398 e. The highest BCUT2D eigenvalue weighted by Crippen LogP contribution is 2.41. The fraction of sp³-hybridized carbons (Fsp3) is 0.500. The number of anilines is 1. The first-order valence-corrected chi connectivity index (χ1v) is 7.40. The number of sulfonamides is 1. The van der Waals surface area contributed by atoms with Crippen LogP contribution in [0.1, 0.15) is 6.42 Å². The van der Waals surface area contributed by atoms with Gasteiger partial charge in [-0.25, -0.2) is 8.42 Å². The number of hydrogen-bond donors (Lipinski definition) is 1. The number of ether oxygens (including phenoxy) is 1. The van der Waals surface area contributed by atoms with Gasteiger partial charge in [-0.3, -0.25) is 0 Å². The van der Waals surface area contributed by atoms with Crippen LogP contribution < -0.4 is 5.73 Å². The third kappa shape index (κ3) is 1.72.